The minimum absolute atomic E-state index is 0.201. The molecule has 1 aromatic heterocycles. The highest BCUT2D eigenvalue weighted by atomic mass is 16.2. The molecule has 0 saturated carbocycles. The van der Waals surface area contributed by atoms with E-state index >= 15 is 0 Å². The van der Waals surface area contributed by atoms with Gasteiger partial charge in [-0.1, -0.05) is 24.3 Å². The van der Waals surface area contributed by atoms with Crippen LogP contribution in [0.1, 0.15) is 30.0 Å². The molecule has 0 saturated heterocycles. The maximum absolute atomic E-state index is 12.9. The number of fused-ring (bicyclic) bond motifs is 2. The fourth-order valence-electron chi connectivity index (χ4n) is 3.85. The summed E-state index contributed by atoms with van der Waals surface area (Å²) in [4.78, 5) is 27.8. The normalized spacial score (nSPS) is 14.0. The van der Waals surface area contributed by atoms with E-state index in [1.165, 1.54) is 24.5 Å². The number of aromatic amines is 1. The number of carbonyl (C=O) groups excluding carboxylic acids is 2. The quantitative estimate of drug-likeness (QED) is 0.652. The summed E-state index contributed by atoms with van der Waals surface area (Å²) in [5.74, 6) is -0.419. The van der Waals surface area contributed by atoms with E-state index in [0.717, 1.165) is 35.0 Å². The van der Waals surface area contributed by atoms with E-state index in [4.69, 9.17) is 0 Å². The number of benzene rings is 2. The average molecular weight is 361 g/mol. The number of hydrogen-bond donors (Lipinski definition) is 3. The summed E-state index contributed by atoms with van der Waals surface area (Å²) in [6.45, 7) is 1.44. The van der Waals surface area contributed by atoms with Crippen LogP contribution >= 0.6 is 0 Å². The van der Waals surface area contributed by atoms with Gasteiger partial charge >= 0.3 is 0 Å². The second kappa shape index (κ2) is 7.27. The Hall–Kier alpha value is -3.08. The van der Waals surface area contributed by atoms with E-state index in [-0.39, 0.29) is 11.8 Å². The highest BCUT2D eigenvalue weighted by molar-refractivity contribution is 5.97. The lowest BCUT2D eigenvalue weighted by Gasteiger charge is -2.18. The van der Waals surface area contributed by atoms with Crippen LogP contribution in [0.4, 0.5) is 5.69 Å². The van der Waals surface area contributed by atoms with Gasteiger partial charge in [0.05, 0.1) is 0 Å². The van der Waals surface area contributed by atoms with Crippen LogP contribution < -0.4 is 10.6 Å². The number of hydrogen-bond acceptors (Lipinski definition) is 2. The molecule has 2 aromatic carbocycles. The van der Waals surface area contributed by atoms with Gasteiger partial charge in [0.25, 0.3) is 0 Å². The van der Waals surface area contributed by atoms with Crippen molar-refractivity contribution in [1.29, 1.82) is 0 Å². The van der Waals surface area contributed by atoms with Gasteiger partial charge in [-0.3, -0.25) is 9.59 Å². The standard InChI is InChI=1S/C22H23N3O2/c1-14(26)24-21(12-17-13-23-20-8-3-2-7-19(17)20)22(27)25-18-10-9-15-5-4-6-16(15)11-18/h2-3,7-11,13,21,23H,4-6,12H2,1H3,(H,24,26)(H,25,27)/t21-/m1/s1. The molecule has 1 atom stereocenters. The molecule has 3 aromatic rings. The van der Waals surface area contributed by atoms with Gasteiger partial charge in [-0.05, 0) is 54.2 Å². The lowest BCUT2D eigenvalue weighted by Crippen LogP contribution is -2.44. The van der Waals surface area contributed by atoms with E-state index in [2.05, 4.69) is 27.8 Å². The molecule has 2 amide bonds. The summed E-state index contributed by atoms with van der Waals surface area (Å²) >= 11 is 0. The van der Waals surface area contributed by atoms with Crippen LogP contribution in [0, 0.1) is 0 Å². The Labute approximate surface area is 158 Å². The summed E-state index contributed by atoms with van der Waals surface area (Å²) in [5.41, 5.74) is 5.49. The Morgan fingerprint density at radius 2 is 1.93 bits per heavy atom. The molecule has 1 aliphatic rings. The van der Waals surface area contributed by atoms with Gasteiger partial charge in [-0.15, -0.1) is 0 Å². The van der Waals surface area contributed by atoms with Crippen molar-refractivity contribution in [3.8, 4) is 0 Å². The van der Waals surface area contributed by atoms with E-state index in [1.54, 1.807) is 0 Å². The molecule has 1 aliphatic carbocycles. The lowest BCUT2D eigenvalue weighted by atomic mass is 10.0. The Morgan fingerprint density at radius 1 is 1.11 bits per heavy atom. The van der Waals surface area contributed by atoms with Gasteiger partial charge in [-0.25, -0.2) is 0 Å². The molecule has 5 nitrogen and oxygen atoms in total. The van der Waals surface area contributed by atoms with E-state index < -0.39 is 6.04 Å². The van der Waals surface area contributed by atoms with Crippen molar-refractivity contribution >= 4 is 28.4 Å². The van der Waals surface area contributed by atoms with Crippen molar-refractivity contribution in [2.45, 2.75) is 38.6 Å². The minimum Gasteiger partial charge on any atom is -0.361 e. The second-order valence-corrected chi connectivity index (χ2v) is 7.14. The van der Waals surface area contributed by atoms with Crippen LogP contribution in [0.5, 0.6) is 0 Å². The van der Waals surface area contributed by atoms with Crippen LogP contribution in [-0.2, 0) is 28.9 Å². The number of carbonyl (C=O) groups is 2. The summed E-state index contributed by atoms with van der Waals surface area (Å²) in [6.07, 6.45) is 5.67. The van der Waals surface area contributed by atoms with Gasteiger partial charge in [0.2, 0.25) is 11.8 Å². The fourth-order valence-corrected chi connectivity index (χ4v) is 3.85. The molecule has 0 bridgehead atoms. The number of H-pyrrole nitrogens is 1. The molecular formula is C22H23N3O2. The first-order valence-electron chi connectivity index (χ1n) is 9.35. The molecule has 1 heterocycles. The topological polar surface area (TPSA) is 74.0 Å². The number of nitrogens with one attached hydrogen (secondary N) is 3. The summed E-state index contributed by atoms with van der Waals surface area (Å²) < 4.78 is 0. The molecule has 0 fully saturated rings. The smallest absolute Gasteiger partial charge is 0.247 e. The first-order valence-corrected chi connectivity index (χ1v) is 9.35. The van der Waals surface area contributed by atoms with Crippen molar-refractivity contribution in [1.82, 2.24) is 10.3 Å². The Bertz CT molecular complexity index is 1010. The van der Waals surface area contributed by atoms with Crippen molar-refractivity contribution in [2.24, 2.45) is 0 Å². The zero-order valence-corrected chi connectivity index (χ0v) is 15.3. The molecule has 0 spiro atoms. The highest BCUT2D eigenvalue weighted by Crippen LogP contribution is 2.25. The monoisotopic (exact) mass is 361 g/mol. The number of para-hydroxylation sites is 1. The maximum Gasteiger partial charge on any atom is 0.247 e. The largest absolute Gasteiger partial charge is 0.361 e. The van der Waals surface area contributed by atoms with Gasteiger partial charge in [0.15, 0.2) is 0 Å². The van der Waals surface area contributed by atoms with Crippen molar-refractivity contribution in [2.75, 3.05) is 5.32 Å². The molecule has 0 unspecified atom stereocenters. The molecule has 27 heavy (non-hydrogen) atoms. The molecule has 138 valence electrons. The summed E-state index contributed by atoms with van der Waals surface area (Å²) in [6, 6.07) is 13.4. The molecule has 0 radical (unpaired) electrons. The summed E-state index contributed by atoms with van der Waals surface area (Å²) in [7, 11) is 0. The van der Waals surface area contributed by atoms with Gasteiger partial charge in [-0.2, -0.15) is 0 Å². The Morgan fingerprint density at radius 3 is 2.78 bits per heavy atom. The van der Waals surface area contributed by atoms with Gasteiger partial charge in [0, 0.05) is 36.1 Å². The average Bonchev–Trinajstić information content (AvgIpc) is 3.27. The van der Waals surface area contributed by atoms with Crippen LogP contribution in [0.3, 0.4) is 0 Å². The van der Waals surface area contributed by atoms with E-state index in [9.17, 15) is 9.59 Å². The highest BCUT2D eigenvalue weighted by Gasteiger charge is 2.22. The zero-order chi connectivity index (χ0) is 18.8. The van der Waals surface area contributed by atoms with Crippen molar-refractivity contribution in [3.05, 3.63) is 65.4 Å². The lowest BCUT2D eigenvalue weighted by molar-refractivity contribution is -0.125. The maximum atomic E-state index is 12.9. The van der Waals surface area contributed by atoms with Gasteiger partial charge in [0.1, 0.15) is 6.04 Å². The van der Waals surface area contributed by atoms with Gasteiger partial charge < -0.3 is 15.6 Å². The number of aryl methyl sites for hydroxylation is 2. The minimum atomic E-state index is -0.630. The SMILES string of the molecule is CC(=O)N[C@H](Cc1c[nH]c2ccccc12)C(=O)Nc1ccc2c(c1)CCC2. The van der Waals surface area contributed by atoms with Crippen LogP contribution in [-0.4, -0.2) is 22.8 Å². The molecule has 3 N–H and O–H groups in total. The Balaban J connectivity index is 1.54. The van der Waals surface area contributed by atoms with E-state index in [1.807, 2.05) is 36.5 Å². The number of rotatable bonds is 5. The third-order valence-corrected chi connectivity index (χ3v) is 5.16. The Kier molecular flexibility index (Phi) is 4.67. The molecule has 5 heteroatoms. The number of aromatic nitrogens is 1. The third-order valence-electron chi connectivity index (χ3n) is 5.16. The van der Waals surface area contributed by atoms with Crippen molar-refractivity contribution in [3.63, 3.8) is 0 Å². The van der Waals surface area contributed by atoms with Crippen LogP contribution in [0.25, 0.3) is 10.9 Å². The predicted octanol–water partition coefficient (Wildman–Crippen LogP) is 3.34. The van der Waals surface area contributed by atoms with E-state index in [0.29, 0.717) is 6.42 Å². The molecular weight excluding hydrogens is 338 g/mol. The second-order valence-electron chi connectivity index (χ2n) is 7.14. The number of amides is 2. The first-order chi connectivity index (χ1) is 13.1. The predicted molar refractivity (Wildman–Crippen MR) is 107 cm³/mol. The first kappa shape index (κ1) is 17.3. The van der Waals surface area contributed by atoms with Crippen LogP contribution in [0.15, 0.2) is 48.7 Å². The molecule has 4 rings (SSSR count). The molecule has 0 aliphatic heterocycles. The zero-order valence-electron chi connectivity index (χ0n) is 15.3. The van der Waals surface area contributed by atoms with Crippen molar-refractivity contribution < 1.29 is 9.59 Å². The number of anilines is 1. The fraction of sp³-hybridized carbons (Fsp3) is 0.273. The third kappa shape index (κ3) is 3.72. The summed E-state index contributed by atoms with van der Waals surface area (Å²) in [5, 5.41) is 6.83. The van der Waals surface area contributed by atoms with Crippen LogP contribution in [0.2, 0.25) is 0 Å².